The zero-order valence-corrected chi connectivity index (χ0v) is 10.9. The first kappa shape index (κ1) is 13.3. The lowest BCUT2D eigenvalue weighted by atomic mass is 10.1. The standard InChI is InChI=1S/C12H16N4O3/c1-8-10(16(18)19)3-4-11(13-8)14-9-5-6-15(2)12(17)7-9/h3-4,9H,5-7H2,1-2H3,(H,13,14). The summed E-state index contributed by atoms with van der Waals surface area (Å²) in [6.07, 6.45) is 1.27. The molecular formula is C12H16N4O3. The van der Waals surface area contributed by atoms with E-state index in [2.05, 4.69) is 10.3 Å². The Hall–Kier alpha value is -2.18. The van der Waals surface area contributed by atoms with Gasteiger partial charge in [-0.1, -0.05) is 0 Å². The Labute approximate surface area is 110 Å². The van der Waals surface area contributed by atoms with E-state index >= 15 is 0 Å². The van der Waals surface area contributed by atoms with Gasteiger partial charge in [-0.15, -0.1) is 0 Å². The fourth-order valence-electron chi connectivity index (χ4n) is 2.10. The van der Waals surface area contributed by atoms with Gasteiger partial charge in [-0.2, -0.15) is 0 Å². The van der Waals surface area contributed by atoms with E-state index in [0.717, 1.165) is 6.42 Å². The molecule has 1 aromatic rings. The quantitative estimate of drug-likeness (QED) is 0.657. The normalized spacial score (nSPS) is 19.4. The van der Waals surface area contributed by atoms with Crippen LogP contribution in [0.15, 0.2) is 12.1 Å². The molecule has 0 saturated carbocycles. The van der Waals surface area contributed by atoms with Crippen molar-refractivity contribution in [2.75, 3.05) is 18.9 Å². The van der Waals surface area contributed by atoms with E-state index in [9.17, 15) is 14.9 Å². The number of nitro groups is 1. The first-order valence-electron chi connectivity index (χ1n) is 6.10. The molecule has 2 heterocycles. The summed E-state index contributed by atoms with van der Waals surface area (Å²) in [6, 6.07) is 3.05. The van der Waals surface area contributed by atoms with Crippen molar-refractivity contribution in [2.24, 2.45) is 0 Å². The van der Waals surface area contributed by atoms with Crippen LogP contribution in [0.1, 0.15) is 18.5 Å². The molecule has 0 aliphatic carbocycles. The number of anilines is 1. The second-order valence-corrected chi connectivity index (χ2v) is 4.71. The van der Waals surface area contributed by atoms with Crippen LogP contribution in [0, 0.1) is 17.0 Å². The van der Waals surface area contributed by atoms with Crippen molar-refractivity contribution in [3.8, 4) is 0 Å². The van der Waals surface area contributed by atoms with Crippen molar-refractivity contribution in [3.05, 3.63) is 27.9 Å². The smallest absolute Gasteiger partial charge is 0.290 e. The van der Waals surface area contributed by atoms with Crippen LogP contribution in [0.2, 0.25) is 0 Å². The van der Waals surface area contributed by atoms with Gasteiger partial charge in [0.2, 0.25) is 5.91 Å². The third-order valence-corrected chi connectivity index (χ3v) is 3.27. The Bertz CT molecular complexity index is 518. The highest BCUT2D eigenvalue weighted by molar-refractivity contribution is 5.77. The van der Waals surface area contributed by atoms with Crippen LogP contribution >= 0.6 is 0 Å². The molecule has 2 rings (SSSR count). The lowest BCUT2D eigenvalue weighted by molar-refractivity contribution is -0.385. The van der Waals surface area contributed by atoms with Crippen molar-refractivity contribution in [3.63, 3.8) is 0 Å². The molecule has 1 amide bonds. The van der Waals surface area contributed by atoms with Gasteiger partial charge in [-0.25, -0.2) is 4.98 Å². The van der Waals surface area contributed by atoms with Crippen LogP contribution in [0.4, 0.5) is 11.5 Å². The van der Waals surface area contributed by atoms with Gasteiger partial charge in [0, 0.05) is 32.1 Å². The number of nitrogens with one attached hydrogen (secondary N) is 1. The van der Waals surface area contributed by atoms with Crippen molar-refractivity contribution >= 4 is 17.4 Å². The molecular weight excluding hydrogens is 248 g/mol. The summed E-state index contributed by atoms with van der Waals surface area (Å²) < 4.78 is 0. The van der Waals surface area contributed by atoms with E-state index in [-0.39, 0.29) is 17.6 Å². The Morgan fingerprint density at radius 2 is 2.26 bits per heavy atom. The number of hydrogen-bond donors (Lipinski definition) is 1. The molecule has 1 saturated heterocycles. The highest BCUT2D eigenvalue weighted by atomic mass is 16.6. The molecule has 1 aliphatic heterocycles. The number of aryl methyl sites for hydroxylation is 1. The molecule has 102 valence electrons. The largest absolute Gasteiger partial charge is 0.367 e. The topological polar surface area (TPSA) is 88.4 Å². The van der Waals surface area contributed by atoms with Gasteiger partial charge < -0.3 is 10.2 Å². The third-order valence-electron chi connectivity index (χ3n) is 3.27. The Kier molecular flexibility index (Phi) is 3.64. The number of carbonyl (C=O) groups excluding carboxylic acids is 1. The summed E-state index contributed by atoms with van der Waals surface area (Å²) in [4.78, 5) is 27.7. The minimum Gasteiger partial charge on any atom is -0.367 e. The molecule has 1 fully saturated rings. The minimum absolute atomic E-state index is 0.00463. The lowest BCUT2D eigenvalue weighted by Gasteiger charge is -2.29. The van der Waals surface area contributed by atoms with Crippen molar-refractivity contribution in [2.45, 2.75) is 25.8 Å². The van der Waals surface area contributed by atoms with Gasteiger partial charge in [-0.05, 0) is 19.4 Å². The SMILES string of the molecule is Cc1nc(NC2CCN(C)C(=O)C2)ccc1[N+](=O)[O-]. The lowest BCUT2D eigenvalue weighted by Crippen LogP contribution is -2.41. The zero-order chi connectivity index (χ0) is 14.0. The summed E-state index contributed by atoms with van der Waals surface area (Å²) in [7, 11) is 1.78. The molecule has 1 unspecified atom stereocenters. The molecule has 1 N–H and O–H groups in total. The maximum Gasteiger partial charge on any atom is 0.290 e. The molecule has 0 aromatic carbocycles. The molecule has 1 atom stereocenters. The van der Waals surface area contributed by atoms with E-state index in [4.69, 9.17) is 0 Å². The Morgan fingerprint density at radius 1 is 1.53 bits per heavy atom. The monoisotopic (exact) mass is 264 g/mol. The second kappa shape index (κ2) is 5.21. The Morgan fingerprint density at radius 3 is 2.84 bits per heavy atom. The van der Waals surface area contributed by atoms with Crippen LogP contribution in [0.5, 0.6) is 0 Å². The van der Waals surface area contributed by atoms with Gasteiger partial charge in [0.15, 0.2) is 0 Å². The number of carbonyl (C=O) groups is 1. The van der Waals surface area contributed by atoms with Gasteiger partial charge in [0.1, 0.15) is 11.5 Å². The summed E-state index contributed by atoms with van der Waals surface area (Å²) in [5, 5.41) is 13.9. The fraction of sp³-hybridized carbons (Fsp3) is 0.500. The van der Waals surface area contributed by atoms with Crippen LogP contribution in [0.25, 0.3) is 0 Å². The molecule has 1 aromatic heterocycles. The molecule has 0 spiro atoms. The minimum atomic E-state index is -0.453. The number of likely N-dealkylation sites (tertiary alicyclic amines) is 1. The van der Waals surface area contributed by atoms with Crippen LogP contribution in [-0.2, 0) is 4.79 Å². The van der Waals surface area contributed by atoms with Crippen molar-refractivity contribution < 1.29 is 9.72 Å². The summed E-state index contributed by atoms with van der Waals surface area (Å²) in [6.45, 7) is 2.31. The molecule has 0 bridgehead atoms. The average Bonchev–Trinajstić information content (AvgIpc) is 2.33. The predicted molar refractivity (Wildman–Crippen MR) is 69.9 cm³/mol. The number of hydrogen-bond acceptors (Lipinski definition) is 5. The number of piperidine rings is 1. The maximum absolute atomic E-state index is 11.6. The van der Waals surface area contributed by atoms with E-state index in [1.54, 1.807) is 24.9 Å². The van der Waals surface area contributed by atoms with Gasteiger partial charge in [-0.3, -0.25) is 14.9 Å². The van der Waals surface area contributed by atoms with Crippen LogP contribution in [0.3, 0.4) is 0 Å². The van der Waals surface area contributed by atoms with Crippen LogP contribution < -0.4 is 5.32 Å². The maximum atomic E-state index is 11.6. The van der Waals surface area contributed by atoms with E-state index < -0.39 is 4.92 Å². The predicted octanol–water partition coefficient (Wildman–Crippen LogP) is 1.33. The molecule has 0 radical (unpaired) electrons. The number of nitrogens with zero attached hydrogens (tertiary/aromatic N) is 3. The zero-order valence-electron chi connectivity index (χ0n) is 10.9. The number of amides is 1. The number of pyridine rings is 1. The summed E-state index contributed by atoms with van der Waals surface area (Å²) in [5.41, 5.74) is 0.374. The number of aromatic nitrogens is 1. The Balaban J connectivity index is 2.06. The first-order valence-corrected chi connectivity index (χ1v) is 6.10. The number of rotatable bonds is 3. The molecule has 1 aliphatic rings. The molecule has 19 heavy (non-hydrogen) atoms. The van der Waals surface area contributed by atoms with E-state index in [0.29, 0.717) is 24.5 Å². The van der Waals surface area contributed by atoms with E-state index in [1.165, 1.54) is 6.07 Å². The highest BCUT2D eigenvalue weighted by Crippen LogP contribution is 2.20. The van der Waals surface area contributed by atoms with Gasteiger partial charge in [0.25, 0.3) is 5.69 Å². The van der Waals surface area contributed by atoms with Crippen molar-refractivity contribution in [1.29, 1.82) is 0 Å². The van der Waals surface area contributed by atoms with Crippen LogP contribution in [-0.4, -0.2) is 40.3 Å². The summed E-state index contributed by atoms with van der Waals surface area (Å²) >= 11 is 0. The highest BCUT2D eigenvalue weighted by Gasteiger charge is 2.23. The van der Waals surface area contributed by atoms with Gasteiger partial charge in [0.05, 0.1) is 4.92 Å². The first-order chi connectivity index (χ1) is 8.97. The fourth-order valence-corrected chi connectivity index (χ4v) is 2.10. The molecule has 7 nitrogen and oxygen atoms in total. The second-order valence-electron chi connectivity index (χ2n) is 4.71. The third kappa shape index (κ3) is 2.98. The van der Waals surface area contributed by atoms with Gasteiger partial charge >= 0.3 is 0 Å². The average molecular weight is 264 g/mol. The van der Waals surface area contributed by atoms with E-state index in [1.807, 2.05) is 0 Å². The molecule has 7 heteroatoms. The van der Waals surface area contributed by atoms with Crippen molar-refractivity contribution in [1.82, 2.24) is 9.88 Å². The summed E-state index contributed by atoms with van der Waals surface area (Å²) in [5.74, 6) is 0.674.